The molecule has 0 radical (unpaired) electrons. The van der Waals surface area contributed by atoms with Crippen LogP contribution in [0.25, 0.3) is 0 Å². The Morgan fingerprint density at radius 2 is 1.62 bits per heavy atom. The minimum absolute atomic E-state index is 0.0798. The van der Waals surface area contributed by atoms with Crippen LogP contribution in [0.2, 0.25) is 0 Å². The summed E-state index contributed by atoms with van der Waals surface area (Å²) in [5, 5.41) is 24.5. The number of carbonyl (C=O) groups is 2. The van der Waals surface area contributed by atoms with Crippen LogP contribution in [0.1, 0.15) is 10.4 Å². The van der Waals surface area contributed by atoms with E-state index in [4.69, 9.17) is 14.2 Å². The lowest BCUT2D eigenvalue weighted by molar-refractivity contribution is -0.385. The van der Waals surface area contributed by atoms with Crippen LogP contribution in [-0.4, -0.2) is 41.5 Å². The highest BCUT2D eigenvalue weighted by atomic mass is 16.6. The fraction of sp³-hybridized carbons (Fsp3) is 0.176. The normalized spacial score (nSPS) is 12.0. The van der Waals surface area contributed by atoms with Crippen molar-refractivity contribution in [3.8, 4) is 11.5 Å². The molecule has 1 aliphatic rings. The molecule has 1 aliphatic heterocycles. The van der Waals surface area contributed by atoms with Gasteiger partial charge in [-0.05, 0) is 6.07 Å². The van der Waals surface area contributed by atoms with Gasteiger partial charge in [0.05, 0.1) is 15.9 Å². The minimum Gasteiger partial charge on any atom is -0.486 e. The number of amides is 1. The van der Waals surface area contributed by atoms with Crippen molar-refractivity contribution in [1.82, 2.24) is 0 Å². The van der Waals surface area contributed by atoms with E-state index >= 15 is 0 Å². The van der Waals surface area contributed by atoms with Crippen LogP contribution in [0.15, 0.2) is 36.4 Å². The highest BCUT2D eigenvalue weighted by Gasteiger charge is 2.28. The molecule has 3 rings (SSSR count). The smallest absolute Gasteiger partial charge is 0.345 e. The summed E-state index contributed by atoms with van der Waals surface area (Å²) in [6.07, 6.45) is 0. The van der Waals surface area contributed by atoms with Crippen molar-refractivity contribution in [2.24, 2.45) is 0 Å². The Morgan fingerprint density at radius 1 is 1.00 bits per heavy atom. The van der Waals surface area contributed by atoms with Gasteiger partial charge in [0.15, 0.2) is 18.1 Å². The summed E-state index contributed by atoms with van der Waals surface area (Å²) in [6.45, 7) is -0.395. The number of nitro benzene ring substituents is 2. The second kappa shape index (κ2) is 8.21. The van der Waals surface area contributed by atoms with Crippen LogP contribution in [0.4, 0.5) is 17.1 Å². The fourth-order valence-corrected chi connectivity index (χ4v) is 2.53. The van der Waals surface area contributed by atoms with Gasteiger partial charge >= 0.3 is 5.97 Å². The number of nitrogens with one attached hydrogen (secondary N) is 1. The average Bonchev–Trinajstić information content (AvgIpc) is 2.71. The van der Waals surface area contributed by atoms with Gasteiger partial charge in [0.2, 0.25) is 0 Å². The van der Waals surface area contributed by atoms with Gasteiger partial charge in [0, 0.05) is 12.1 Å². The van der Waals surface area contributed by atoms with Gasteiger partial charge < -0.3 is 19.5 Å². The molecular formula is C17H13N3O9. The Balaban J connectivity index is 1.72. The summed E-state index contributed by atoms with van der Waals surface area (Å²) < 4.78 is 15.4. The van der Waals surface area contributed by atoms with Gasteiger partial charge in [-0.3, -0.25) is 25.0 Å². The molecule has 0 bridgehead atoms. The maximum Gasteiger partial charge on any atom is 0.345 e. The van der Waals surface area contributed by atoms with Crippen molar-refractivity contribution < 1.29 is 33.6 Å². The van der Waals surface area contributed by atoms with Crippen molar-refractivity contribution in [3.05, 3.63) is 62.2 Å². The monoisotopic (exact) mass is 403 g/mol. The van der Waals surface area contributed by atoms with Crippen LogP contribution in [-0.2, 0) is 9.53 Å². The highest BCUT2D eigenvalue weighted by molar-refractivity contribution is 5.98. The number of hydrogen-bond acceptors (Lipinski definition) is 9. The standard InChI is InChI=1S/C17H13N3O9/c21-16(18-11-3-1-2-4-12(11)19(23)24)9-29-17(22)10-7-14-15(28-6-5-27-14)8-13(10)20(25)26/h1-4,7-8H,5-6,9H2,(H,18,21). The van der Waals surface area contributed by atoms with E-state index < -0.39 is 39.6 Å². The molecule has 2 aromatic rings. The lowest BCUT2D eigenvalue weighted by Crippen LogP contribution is -2.22. The van der Waals surface area contributed by atoms with E-state index in [0.29, 0.717) is 0 Å². The first-order chi connectivity index (χ1) is 13.9. The first kappa shape index (κ1) is 19.5. The summed E-state index contributed by atoms with van der Waals surface area (Å²) in [7, 11) is 0. The van der Waals surface area contributed by atoms with E-state index in [9.17, 15) is 29.8 Å². The summed E-state index contributed by atoms with van der Waals surface area (Å²) in [5.41, 5.74) is -1.41. The van der Waals surface area contributed by atoms with Crippen molar-refractivity contribution in [2.45, 2.75) is 0 Å². The third-order valence-corrected chi connectivity index (χ3v) is 3.79. The minimum atomic E-state index is -1.13. The van der Waals surface area contributed by atoms with E-state index in [2.05, 4.69) is 5.32 Å². The Hall–Kier alpha value is -4.22. The van der Waals surface area contributed by atoms with Crippen molar-refractivity contribution in [1.29, 1.82) is 0 Å². The van der Waals surface area contributed by atoms with E-state index in [0.717, 1.165) is 12.1 Å². The molecule has 12 nitrogen and oxygen atoms in total. The van der Waals surface area contributed by atoms with Crippen molar-refractivity contribution in [2.75, 3.05) is 25.1 Å². The number of hydrogen-bond donors (Lipinski definition) is 1. The zero-order valence-electron chi connectivity index (χ0n) is 14.7. The second-order valence-electron chi connectivity index (χ2n) is 5.67. The largest absolute Gasteiger partial charge is 0.486 e. The average molecular weight is 403 g/mol. The molecule has 1 N–H and O–H groups in total. The molecule has 0 spiro atoms. The molecule has 0 aliphatic carbocycles. The number of anilines is 1. The zero-order chi connectivity index (χ0) is 21.0. The van der Waals surface area contributed by atoms with Gasteiger partial charge in [0.1, 0.15) is 24.5 Å². The topological polar surface area (TPSA) is 160 Å². The molecule has 0 fully saturated rings. The molecule has 0 saturated heterocycles. The van der Waals surface area contributed by atoms with Crippen molar-refractivity contribution >= 4 is 28.9 Å². The Bertz CT molecular complexity index is 1010. The number of fused-ring (bicyclic) bond motifs is 1. The number of carbonyl (C=O) groups excluding carboxylic acids is 2. The molecule has 0 unspecified atom stereocenters. The zero-order valence-corrected chi connectivity index (χ0v) is 14.7. The molecule has 1 amide bonds. The van der Waals surface area contributed by atoms with Gasteiger partial charge in [-0.2, -0.15) is 0 Å². The van der Waals surface area contributed by atoms with Crippen LogP contribution in [0.3, 0.4) is 0 Å². The van der Waals surface area contributed by atoms with E-state index in [-0.39, 0.29) is 36.1 Å². The molecule has 2 aromatic carbocycles. The predicted octanol–water partition coefficient (Wildman–Crippen LogP) is 2.07. The third-order valence-electron chi connectivity index (χ3n) is 3.79. The van der Waals surface area contributed by atoms with Gasteiger partial charge in [0.25, 0.3) is 17.3 Å². The summed E-state index contributed by atoms with van der Waals surface area (Å²) in [4.78, 5) is 45.0. The first-order valence-corrected chi connectivity index (χ1v) is 8.15. The molecule has 0 atom stereocenters. The molecular weight excluding hydrogens is 390 g/mol. The molecule has 0 saturated carbocycles. The first-order valence-electron chi connectivity index (χ1n) is 8.15. The fourth-order valence-electron chi connectivity index (χ4n) is 2.53. The van der Waals surface area contributed by atoms with E-state index in [1.54, 1.807) is 0 Å². The Labute approximate surface area is 162 Å². The Morgan fingerprint density at radius 3 is 2.28 bits per heavy atom. The number of para-hydroxylation sites is 2. The molecule has 0 aromatic heterocycles. The number of ether oxygens (including phenoxy) is 3. The number of nitrogens with zero attached hydrogens (tertiary/aromatic N) is 2. The van der Waals surface area contributed by atoms with Crippen molar-refractivity contribution in [3.63, 3.8) is 0 Å². The second-order valence-corrected chi connectivity index (χ2v) is 5.67. The lowest BCUT2D eigenvalue weighted by Gasteiger charge is -2.18. The summed E-state index contributed by atoms with van der Waals surface area (Å²) in [5.74, 6) is -1.73. The lowest BCUT2D eigenvalue weighted by atomic mass is 10.1. The number of benzene rings is 2. The van der Waals surface area contributed by atoms with Crippen LogP contribution in [0.5, 0.6) is 11.5 Å². The SMILES string of the molecule is O=C(COC(=O)c1cc2c(cc1[N+](=O)[O-])OCCO2)Nc1ccccc1[N+](=O)[O-]. The molecule has 12 heteroatoms. The summed E-state index contributed by atoms with van der Waals surface area (Å²) >= 11 is 0. The number of nitro groups is 2. The van der Waals surface area contributed by atoms with E-state index in [1.807, 2.05) is 0 Å². The Kier molecular flexibility index (Phi) is 5.53. The maximum atomic E-state index is 12.3. The molecule has 29 heavy (non-hydrogen) atoms. The predicted molar refractivity (Wildman–Crippen MR) is 96.1 cm³/mol. The quantitative estimate of drug-likeness (QED) is 0.432. The van der Waals surface area contributed by atoms with Crippen LogP contribution >= 0.6 is 0 Å². The summed E-state index contributed by atoms with van der Waals surface area (Å²) in [6, 6.07) is 7.55. The van der Waals surface area contributed by atoms with Gasteiger partial charge in [-0.1, -0.05) is 12.1 Å². The molecule has 150 valence electrons. The highest BCUT2D eigenvalue weighted by Crippen LogP contribution is 2.36. The van der Waals surface area contributed by atoms with Crippen LogP contribution in [0, 0.1) is 20.2 Å². The van der Waals surface area contributed by atoms with Gasteiger partial charge in [-0.25, -0.2) is 4.79 Å². The van der Waals surface area contributed by atoms with Crippen LogP contribution < -0.4 is 14.8 Å². The third kappa shape index (κ3) is 4.37. The van der Waals surface area contributed by atoms with Gasteiger partial charge in [-0.15, -0.1) is 0 Å². The van der Waals surface area contributed by atoms with E-state index in [1.165, 1.54) is 24.3 Å². The number of esters is 1. The maximum absolute atomic E-state index is 12.3. The molecule has 1 heterocycles. The number of rotatable bonds is 6.